The zero-order chi connectivity index (χ0) is 21.5. The molecule has 3 rings (SSSR count). The molecule has 7 nitrogen and oxygen atoms in total. The lowest BCUT2D eigenvalue weighted by Crippen LogP contribution is -2.48. The van der Waals surface area contributed by atoms with Crippen LogP contribution in [0.3, 0.4) is 0 Å². The minimum absolute atomic E-state index is 0.0518. The molecule has 158 valence electrons. The summed E-state index contributed by atoms with van der Waals surface area (Å²) in [5.41, 5.74) is 1.75. The standard InChI is InChI=1S/C23H26N2O5/c1-17(26)18-3-5-19(6-4-18)24-13-15-25(16-14-24)22(27)11-9-20-7-8-21(30-20)10-12-23(28)29-2/h3-9,11H,10,12-16H2,1-2H3/b11-9+. The Bertz CT molecular complexity index is 921. The molecule has 0 unspecified atom stereocenters. The van der Waals surface area contributed by atoms with Gasteiger partial charge in [0.2, 0.25) is 5.91 Å². The molecule has 0 spiro atoms. The van der Waals surface area contributed by atoms with Gasteiger partial charge in [-0.1, -0.05) is 0 Å². The summed E-state index contributed by atoms with van der Waals surface area (Å²) in [4.78, 5) is 39.1. The molecule has 1 aromatic carbocycles. The maximum atomic E-state index is 12.5. The Hall–Kier alpha value is -3.35. The summed E-state index contributed by atoms with van der Waals surface area (Å²) in [5, 5.41) is 0. The number of methoxy groups -OCH3 is 1. The molecular formula is C23H26N2O5. The predicted octanol–water partition coefficient (Wildman–Crippen LogP) is 2.95. The van der Waals surface area contributed by atoms with Crippen LogP contribution in [0.25, 0.3) is 6.08 Å². The molecule has 1 aliphatic heterocycles. The summed E-state index contributed by atoms with van der Waals surface area (Å²) in [6.45, 7) is 4.27. The first-order valence-corrected chi connectivity index (χ1v) is 9.94. The Labute approximate surface area is 175 Å². The van der Waals surface area contributed by atoms with Crippen LogP contribution < -0.4 is 4.90 Å². The second-order valence-corrected chi connectivity index (χ2v) is 7.13. The van der Waals surface area contributed by atoms with E-state index in [1.807, 2.05) is 24.3 Å². The fourth-order valence-electron chi connectivity index (χ4n) is 3.30. The summed E-state index contributed by atoms with van der Waals surface area (Å²) in [5.74, 6) is 0.960. The van der Waals surface area contributed by atoms with Crippen LogP contribution in [0, 0.1) is 0 Å². The molecule has 0 radical (unpaired) electrons. The van der Waals surface area contributed by atoms with Crippen LogP contribution in [0.5, 0.6) is 0 Å². The van der Waals surface area contributed by atoms with Crippen LogP contribution in [-0.2, 0) is 20.7 Å². The van der Waals surface area contributed by atoms with Crippen molar-refractivity contribution in [1.82, 2.24) is 4.90 Å². The Kier molecular flexibility index (Phi) is 7.06. The maximum absolute atomic E-state index is 12.5. The Balaban J connectivity index is 1.48. The van der Waals surface area contributed by atoms with Gasteiger partial charge in [-0.25, -0.2) is 0 Å². The average Bonchev–Trinajstić information content (AvgIpc) is 3.24. The molecule has 0 bridgehead atoms. The third-order valence-electron chi connectivity index (χ3n) is 5.11. The molecule has 1 fully saturated rings. The first-order chi connectivity index (χ1) is 14.5. The fraction of sp³-hybridized carbons (Fsp3) is 0.348. The second kappa shape index (κ2) is 9.91. The number of furan rings is 1. The molecule has 7 heteroatoms. The van der Waals surface area contributed by atoms with Gasteiger partial charge in [-0.3, -0.25) is 14.4 Å². The number of carbonyl (C=O) groups is 3. The smallest absolute Gasteiger partial charge is 0.305 e. The number of ether oxygens (including phenoxy) is 1. The highest BCUT2D eigenvalue weighted by Crippen LogP contribution is 2.18. The molecule has 2 heterocycles. The van der Waals surface area contributed by atoms with Crippen LogP contribution in [0.1, 0.15) is 35.2 Å². The number of benzene rings is 1. The molecule has 0 saturated carbocycles. The number of anilines is 1. The molecule has 0 N–H and O–H groups in total. The van der Waals surface area contributed by atoms with E-state index in [0.717, 1.165) is 18.8 Å². The van der Waals surface area contributed by atoms with E-state index >= 15 is 0 Å². The molecule has 1 amide bonds. The van der Waals surface area contributed by atoms with Crippen molar-refractivity contribution in [1.29, 1.82) is 0 Å². The Morgan fingerprint density at radius 2 is 1.73 bits per heavy atom. The van der Waals surface area contributed by atoms with Crippen LogP contribution in [0.2, 0.25) is 0 Å². The number of hydrogen-bond acceptors (Lipinski definition) is 6. The Morgan fingerprint density at radius 1 is 1.03 bits per heavy atom. The molecule has 0 aliphatic carbocycles. The summed E-state index contributed by atoms with van der Waals surface area (Å²) in [7, 11) is 1.36. The van der Waals surface area contributed by atoms with E-state index in [4.69, 9.17) is 4.42 Å². The van der Waals surface area contributed by atoms with E-state index < -0.39 is 0 Å². The van der Waals surface area contributed by atoms with E-state index in [2.05, 4.69) is 9.64 Å². The van der Waals surface area contributed by atoms with E-state index in [9.17, 15) is 14.4 Å². The van der Waals surface area contributed by atoms with Gasteiger partial charge in [-0.15, -0.1) is 0 Å². The van der Waals surface area contributed by atoms with Gasteiger partial charge in [0.1, 0.15) is 11.5 Å². The number of carbonyl (C=O) groups excluding carboxylic acids is 3. The SMILES string of the molecule is COC(=O)CCc1ccc(/C=C/C(=O)N2CCN(c3ccc(C(C)=O)cc3)CC2)o1. The quantitative estimate of drug-likeness (QED) is 0.397. The molecular weight excluding hydrogens is 384 g/mol. The van der Waals surface area contributed by atoms with E-state index in [0.29, 0.717) is 36.6 Å². The number of Topliss-reactive ketones (excluding diaryl/α,β-unsaturated/α-hetero) is 1. The second-order valence-electron chi connectivity index (χ2n) is 7.13. The Morgan fingerprint density at radius 3 is 2.37 bits per heavy atom. The number of ketones is 1. The number of amides is 1. The predicted molar refractivity (Wildman–Crippen MR) is 113 cm³/mol. The van der Waals surface area contributed by atoms with Crippen molar-refractivity contribution >= 4 is 29.4 Å². The fourth-order valence-corrected chi connectivity index (χ4v) is 3.30. The lowest BCUT2D eigenvalue weighted by atomic mass is 10.1. The highest BCUT2D eigenvalue weighted by atomic mass is 16.5. The molecule has 1 aromatic heterocycles. The average molecular weight is 410 g/mol. The molecule has 2 aromatic rings. The van der Waals surface area contributed by atoms with Gasteiger partial charge in [0.05, 0.1) is 13.5 Å². The van der Waals surface area contributed by atoms with Gasteiger partial charge in [0.25, 0.3) is 0 Å². The number of piperazine rings is 1. The van der Waals surface area contributed by atoms with Gasteiger partial charge < -0.3 is 19.0 Å². The zero-order valence-corrected chi connectivity index (χ0v) is 17.3. The lowest BCUT2D eigenvalue weighted by molar-refractivity contribution is -0.140. The number of esters is 1. The summed E-state index contributed by atoms with van der Waals surface area (Å²) in [6, 6.07) is 11.1. The highest BCUT2D eigenvalue weighted by molar-refractivity contribution is 5.94. The van der Waals surface area contributed by atoms with Crippen molar-refractivity contribution in [3.05, 3.63) is 59.6 Å². The number of nitrogens with zero attached hydrogens (tertiary/aromatic N) is 2. The first-order valence-electron chi connectivity index (χ1n) is 9.94. The van der Waals surface area contributed by atoms with Crippen molar-refractivity contribution in [2.75, 3.05) is 38.2 Å². The van der Waals surface area contributed by atoms with Crippen molar-refractivity contribution < 1.29 is 23.5 Å². The van der Waals surface area contributed by atoms with Crippen LogP contribution in [0.4, 0.5) is 5.69 Å². The van der Waals surface area contributed by atoms with Gasteiger partial charge in [-0.2, -0.15) is 0 Å². The molecule has 1 saturated heterocycles. The summed E-state index contributed by atoms with van der Waals surface area (Å²) in [6.07, 6.45) is 3.88. The van der Waals surface area contributed by atoms with Crippen molar-refractivity contribution in [3.8, 4) is 0 Å². The van der Waals surface area contributed by atoms with Crippen LogP contribution in [0.15, 0.2) is 46.9 Å². The number of rotatable bonds is 7. The maximum Gasteiger partial charge on any atom is 0.305 e. The van der Waals surface area contributed by atoms with Crippen molar-refractivity contribution in [2.24, 2.45) is 0 Å². The lowest BCUT2D eigenvalue weighted by Gasteiger charge is -2.35. The van der Waals surface area contributed by atoms with Crippen LogP contribution >= 0.6 is 0 Å². The molecule has 30 heavy (non-hydrogen) atoms. The minimum atomic E-state index is -0.285. The van der Waals surface area contributed by atoms with Crippen molar-refractivity contribution in [2.45, 2.75) is 19.8 Å². The topological polar surface area (TPSA) is 80.1 Å². The van der Waals surface area contributed by atoms with Gasteiger partial charge >= 0.3 is 5.97 Å². The summed E-state index contributed by atoms with van der Waals surface area (Å²) < 4.78 is 10.2. The van der Waals surface area contributed by atoms with E-state index in [1.54, 1.807) is 30.0 Å². The van der Waals surface area contributed by atoms with E-state index in [1.165, 1.54) is 13.2 Å². The number of aryl methyl sites for hydroxylation is 1. The zero-order valence-electron chi connectivity index (χ0n) is 17.3. The normalized spacial score (nSPS) is 14.2. The van der Waals surface area contributed by atoms with Crippen molar-refractivity contribution in [3.63, 3.8) is 0 Å². The third kappa shape index (κ3) is 5.59. The summed E-state index contributed by atoms with van der Waals surface area (Å²) >= 11 is 0. The van der Waals surface area contributed by atoms with Crippen LogP contribution in [-0.4, -0.2) is 55.8 Å². The first kappa shape index (κ1) is 21.4. The van der Waals surface area contributed by atoms with Gasteiger partial charge in [-0.05, 0) is 49.4 Å². The third-order valence-corrected chi connectivity index (χ3v) is 5.11. The monoisotopic (exact) mass is 410 g/mol. The molecule has 1 aliphatic rings. The largest absolute Gasteiger partial charge is 0.469 e. The number of hydrogen-bond donors (Lipinski definition) is 0. The highest BCUT2D eigenvalue weighted by Gasteiger charge is 2.20. The van der Waals surface area contributed by atoms with Gasteiger partial charge in [0, 0.05) is 49.9 Å². The van der Waals surface area contributed by atoms with Gasteiger partial charge in [0.15, 0.2) is 5.78 Å². The minimum Gasteiger partial charge on any atom is -0.469 e. The van der Waals surface area contributed by atoms with E-state index in [-0.39, 0.29) is 24.1 Å². The molecule has 0 atom stereocenters.